The summed E-state index contributed by atoms with van der Waals surface area (Å²) in [7, 11) is 1.82. The standard InChI is InChI=1S/C12H13ClN4O/c1-17-5-4-9(16-17)7-15-12(18)8-2-3-10(13)11(14)6-8/h2-6H,7,14H2,1H3,(H,15,18). The fourth-order valence-electron chi connectivity index (χ4n) is 1.52. The predicted molar refractivity (Wildman–Crippen MR) is 70.2 cm³/mol. The average Bonchev–Trinajstić information content (AvgIpc) is 2.75. The van der Waals surface area contributed by atoms with Crippen molar-refractivity contribution in [3.05, 3.63) is 46.7 Å². The van der Waals surface area contributed by atoms with E-state index in [0.29, 0.717) is 22.8 Å². The van der Waals surface area contributed by atoms with E-state index in [9.17, 15) is 4.79 Å². The van der Waals surface area contributed by atoms with Gasteiger partial charge in [-0.05, 0) is 24.3 Å². The van der Waals surface area contributed by atoms with E-state index in [1.54, 1.807) is 22.9 Å². The van der Waals surface area contributed by atoms with E-state index in [4.69, 9.17) is 17.3 Å². The Bertz CT molecular complexity index is 579. The molecular formula is C12H13ClN4O. The number of nitrogens with two attached hydrogens (primary N) is 1. The van der Waals surface area contributed by atoms with Gasteiger partial charge in [0.25, 0.3) is 5.91 Å². The summed E-state index contributed by atoms with van der Waals surface area (Å²) in [5.41, 5.74) is 7.31. The van der Waals surface area contributed by atoms with Crippen molar-refractivity contribution < 1.29 is 4.79 Å². The quantitative estimate of drug-likeness (QED) is 0.827. The third-order valence-corrected chi connectivity index (χ3v) is 2.80. The molecule has 0 bridgehead atoms. The van der Waals surface area contributed by atoms with Gasteiger partial charge in [0, 0.05) is 18.8 Å². The molecule has 3 N–H and O–H groups in total. The van der Waals surface area contributed by atoms with E-state index in [-0.39, 0.29) is 5.91 Å². The zero-order chi connectivity index (χ0) is 13.1. The van der Waals surface area contributed by atoms with Crippen molar-refractivity contribution in [3.63, 3.8) is 0 Å². The van der Waals surface area contributed by atoms with Crippen LogP contribution in [0.2, 0.25) is 5.02 Å². The maximum absolute atomic E-state index is 11.8. The summed E-state index contributed by atoms with van der Waals surface area (Å²) in [5, 5.41) is 7.37. The summed E-state index contributed by atoms with van der Waals surface area (Å²) in [6.07, 6.45) is 1.82. The van der Waals surface area contributed by atoms with Crippen LogP contribution in [0.25, 0.3) is 0 Å². The molecule has 0 saturated heterocycles. The van der Waals surface area contributed by atoms with Gasteiger partial charge in [-0.25, -0.2) is 0 Å². The lowest BCUT2D eigenvalue weighted by molar-refractivity contribution is 0.0950. The number of carbonyl (C=O) groups excluding carboxylic acids is 1. The monoisotopic (exact) mass is 264 g/mol. The van der Waals surface area contributed by atoms with Crippen LogP contribution in [0, 0.1) is 0 Å². The molecule has 1 amide bonds. The highest BCUT2D eigenvalue weighted by Crippen LogP contribution is 2.19. The van der Waals surface area contributed by atoms with E-state index in [0.717, 1.165) is 5.69 Å². The second-order valence-electron chi connectivity index (χ2n) is 3.90. The van der Waals surface area contributed by atoms with E-state index in [1.807, 2.05) is 19.3 Å². The molecule has 0 aliphatic rings. The lowest BCUT2D eigenvalue weighted by Crippen LogP contribution is -2.23. The Labute approximate surface area is 110 Å². The number of halogens is 1. The first-order valence-electron chi connectivity index (χ1n) is 5.38. The molecule has 1 heterocycles. The zero-order valence-electron chi connectivity index (χ0n) is 9.85. The van der Waals surface area contributed by atoms with Crippen LogP contribution in [0.4, 0.5) is 5.69 Å². The van der Waals surface area contributed by atoms with Gasteiger partial charge in [0.15, 0.2) is 0 Å². The molecule has 5 nitrogen and oxygen atoms in total. The third-order valence-electron chi connectivity index (χ3n) is 2.46. The predicted octanol–water partition coefficient (Wildman–Crippen LogP) is 1.59. The number of anilines is 1. The number of nitrogens with zero attached hydrogens (tertiary/aromatic N) is 2. The highest BCUT2D eigenvalue weighted by molar-refractivity contribution is 6.33. The first-order valence-corrected chi connectivity index (χ1v) is 5.76. The van der Waals surface area contributed by atoms with Crippen LogP contribution >= 0.6 is 11.6 Å². The van der Waals surface area contributed by atoms with Gasteiger partial charge in [0.2, 0.25) is 0 Å². The maximum Gasteiger partial charge on any atom is 0.251 e. The average molecular weight is 265 g/mol. The second-order valence-corrected chi connectivity index (χ2v) is 4.31. The summed E-state index contributed by atoms with van der Waals surface area (Å²) >= 11 is 5.79. The van der Waals surface area contributed by atoms with Gasteiger partial charge in [-0.15, -0.1) is 0 Å². The van der Waals surface area contributed by atoms with Crippen LogP contribution in [0.1, 0.15) is 16.1 Å². The summed E-state index contributed by atoms with van der Waals surface area (Å²) in [6, 6.07) is 6.63. The minimum absolute atomic E-state index is 0.205. The Morgan fingerprint density at radius 1 is 1.50 bits per heavy atom. The highest BCUT2D eigenvalue weighted by Gasteiger charge is 2.07. The SMILES string of the molecule is Cn1ccc(CNC(=O)c2ccc(Cl)c(N)c2)n1. The minimum atomic E-state index is -0.205. The number of rotatable bonds is 3. The van der Waals surface area contributed by atoms with Crippen molar-refractivity contribution in [1.82, 2.24) is 15.1 Å². The van der Waals surface area contributed by atoms with Crippen LogP contribution in [0.5, 0.6) is 0 Å². The number of nitrogens with one attached hydrogen (secondary N) is 1. The number of nitrogen functional groups attached to an aromatic ring is 1. The van der Waals surface area contributed by atoms with Crippen LogP contribution in [0.15, 0.2) is 30.5 Å². The lowest BCUT2D eigenvalue weighted by Gasteiger charge is -2.05. The van der Waals surface area contributed by atoms with Crippen molar-refractivity contribution in [2.45, 2.75) is 6.54 Å². The lowest BCUT2D eigenvalue weighted by atomic mass is 10.2. The van der Waals surface area contributed by atoms with Gasteiger partial charge in [-0.2, -0.15) is 5.10 Å². The molecule has 2 aromatic rings. The molecule has 0 aliphatic heterocycles. The molecule has 0 saturated carbocycles. The van der Waals surface area contributed by atoms with E-state index in [2.05, 4.69) is 10.4 Å². The molecule has 94 valence electrons. The van der Waals surface area contributed by atoms with Gasteiger partial charge in [-0.3, -0.25) is 9.48 Å². The fraction of sp³-hybridized carbons (Fsp3) is 0.167. The van der Waals surface area contributed by atoms with Crippen LogP contribution in [-0.2, 0) is 13.6 Å². The van der Waals surface area contributed by atoms with Crippen molar-refractivity contribution >= 4 is 23.2 Å². The maximum atomic E-state index is 11.8. The molecule has 1 aromatic heterocycles. The van der Waals surface area contributed by atoms with Gasteiger partial charge in [0.1, 0.15) is 0 Å². The van der Waals surface area contributed by atoms with Crippen LogP contribution in [0.3, 0.4) is 0 Å². The fourth-order valence-corrected chi connectivity index (χ4v) is 1.63. The minimum Gasteiger partial charge on any atom is -0.398 e. The Balaban J connectivity index is 2.01. The summed E-state index contributed by atoms with van der Waals surface area (Å²) in [6.45, 7) is 0.377. The van der Waals surface area contributed by atoms with Crippen LogP contribution in [-0.4, -0.2) is 15.7 Å². The van der Waals surface area contributed by atoms with E-state index >= 15 is 0 Å². The number of benzene rings is 1. The smallest absolute Gasteiger partial charge is 0.251 e. The van der Waals surface area contributed by atoms with Crippen molar-refractivity contribution in [2.24, 2.45) is 7.05 Å². The second kappa shape index (κ2) is 5.10. The van der Waals surface area contributed by atoms with Crippen molar-refractivity contribution in [2.75, 3.05) is 5.73 Å². The number of hydrogen-bond donors (Lipinski definition) is 2. The molecular weight excluding hydrogens is 252 g/mol. The van der Waals surface area contributed by atoms with Gasteiger partial charge in [0.05, 0.1) is 22.9 Å². The van der Waals surface area contributed by atoms with E-state index in [1.165, 1.54) is 0 Å². The Morgan fingerprint density at radius 2 is 2.28 bits per heavy atom. The number of amides is 1. The topological polar surface area (TPSA) is 72.9 Å². The molecule has 6 heteroatoms. The summed E-state index contributed by atoms with van der Waals surface area (Å²) in [5.74, 6) is -0.205. The van der Waals surface area contributed by atoms with Gasteiger partial charge < -0.3 is 11.1 Å². The molecule has 18 heavy (non-hydrogen) atoms. The summed E-state index contributed by atoms with van der Waals surface area (Å²) < 4.78 is 1.68. The first kappa shape index (κ1) is 12.4. The van der Waals surface area contributed by atoms with Crippen LogP contribution < -0.4 is 11.1 Å². The Kier molecular flexibility index (Phi) is 3.53. The number of aromatic nitrogens is 2. The molecule has 0 spiro atoms. The van der Waals surface area contributed by atoms with Crippen molar-refractivity contribution in [1.29, 1.82) is 0 Å². The van der Waals surface area contributed by atoms with Crippen molar-refractivity contribution in [3.8, 4) is 0 Å². The number of carbonyl (C=O) groups is 1. The van der Waals surface area contributed by atoms with Gasteiger partial charge in [-0.1, -0.05) is 11.6 Å². The number of hydrogen-bond acceptors (Lipinski definition) is 3. The highest BCUT2D eigenvalue weighted by atomic mass is 35.5. The normalized spacial score (nSPS) is 10.3. The molecule has 0 radical (unpaired) electrons. The molecule has 0 aliphatic carbocycles. The number of aryl methyl sites for hydroxylation is 1. The third kappa shape index (κ3) is 2.81. The first-order chi connectivity index (χ1) is 8.56. The van der Waals surface area contributed by atoms with Gasteiger partial charge >= 0.3 is 0 Å². The molecule has 0 unspecified atom stereocenters. The molecule has 0 atom stereocenters. The molecule has 1 aromatic carbocycles. The molecule has 2 rings (SSSR count). The van der Waals surface area contributed by atoms with E-state index < -0.39 is 0 Å². The Morgan fingerprint density at radius 3 is 2.89 bits per heavy atom. The zero-order valence-corrected chi connectivity index (χ0v) is 10.6. The largest absolute Gasteiger partial charge is 0.398 e. The Hall–Kier alpha value is -2.01. The molecule has 0 fully saturated rings. The summed E-state index contributed by atoms with van der Waals surface area (Å²) in [4.78, 5) is 11.8.